The fourth-order valence-electron chi connectivity index (χ4n) is 0.0891. The second kappa shape index (κ2) is 3.90. The zero-order valence-corrected chi connectivity index (χ0v) is 6.40. The third-order valence-electron chi connectivity index (χ3n) is 0.859. The maximum atomic E-state index is 2.29. The average molecular weight is 197 g/mol. The van der Waals surface area contributed by atoms with Crippen LogP contribution in [0.25, 0.3) is 0 Å². The standard InChI is InChI=1S/C5H10I/c1-3-5(2)4-6/h4-5H,3H2,1-2H3. The minimum Gasteiger partial charge on any atom is -0.0812 e. The molecule has 0 aromatic carbocycles. The summed E-state index contributed by atoms with van der Waals surface area (Å²) in [5, 5.41) is 0. The van der Waals surface area contributed by atoms with Crippen molar-refractivity contribution < 1.29 is 0 Å². The van der Waals surface area contributed by atoms with Gasteiger partial charge in [-0.2, -0.15) is 0 Å². The predicted molar refractivity (Wildman–Crippen MR) is 37.8 cm³/mol. The first-order valence-corrected chi connectivity index (χ1v) is 3.49. The van der Waals surface area contributed by atoms with Crippen LogP contribution in [0.2, 0.25) is 0 Å². The summed E-state index contributed by atoms with van der Waals surface area (Å²) in [7, 11) is 0. The second-order valence-corrected chi connectivity index (χ2v) is 2.23. The van der Waals surface area contributed by atoms with Gasteiger partial charge in [-0.25, -0.2) is 0 Å². The smallest absolute Gasteiger partial charge is 0.0255 e. The van der Waals surface area contributed by atoms with E-state index in [2.05, 4.69) is 40.9 Å². The molecule has 37 valence electrons. The number of hydrogen-bond donors (Lipinski definition) is 0. The lowest BCUT2D eigenvalue weighted by atomic mass is 10.2. The summed E-state index contributed by atoms with van der Waals surface area (Å²) >= 11 is 2.29. The molecule has 0 N–H and O–H groups in total. The SMILES string of the molecule is CCC(C)[CH]I. The van der Waals surface area contributed by atoms with Gasteiger partial charge in [-0.05, 0) is 5.92 Å². The topological polar surface area (TPSA) is 0 Å². The van der Waals surface area contributed by atoms with E-state index in [1.165, 1.54) is 6.42 Å². The Kier molecular flexibility index (Phi) is 4.38. The Morgan fingerprint density at radius 1 is 1.83 bits per heavy atom. The molecule has 0 nitrogen and oxygen atoms in total. The van der Waals surface area contributed by atoms with Crippen molar-refractivity contribution in [3.63, 3.8) is 0 Å². The molecule has 1 heteroatoms. The molecule has 0 aliphatic carbocycles. The van der Waals surface area contributed by atoms with Gasteiger partial charge in [0.05, 0.1) is 0 Å². The lowest BCUT2D eigenvalue weighted by Crippen LogP contribution is -1.83. The van der Waals surface area contributed by atoms with Crippen LogP contribution in [-0.2, 0) is 0 Å². The Bertz CT molecular complexity index is 23.1. The molecule has 0 aliphatic heterocycles. The highest BCUT2D eigenvalue weighted by Gasteiger charge is 1.90. The monoisotopic (exact) mass is 197 g/mol. The van der Waals surface area contributed by atoms with Crippen molar-refractivity contribution in [1.82, 2.24) is 0 Å². The number of halogens is 1. The average Bonchev–Trinajstić information content (AvgIpc) is 1.65. The summed E-state index contributed by atoms with van der Waals surface area (Å²) in [5.41, 5.74) is 0. The van der Waals surface area contributed by atoms with Crippen LogP contribution in [0.15, 0.2) is 0 Å². The molecule has 1 unspecified atom stereocenters. The predicted octanol–water partition coefficient (Wildman–Crippen LogP) is 2.63. The van der Waals surface area contributed by atoms with Crippen LogP contribution < -0.4 is 0 Å². The van der Waals surface area contributed by atoms with E-state index in [4.69, 9.17) is 0 Å². The zero-order chi connectivity index (χ0) is 4.99. The van der Waals surface area contributed by atoms with Gasteiger partial charge in [0.25, 0.3) is 0 Å². The Morgan fingerprint density at radius 3 is 2.33 bits per heavy atom. The van der Waals surface area contributed by atoms with Crippen LogP contribution in [-0.4, -0.2) is 0 Å². The van der Waals surface area contributed by atoms with Gasteiger partial charge >= 0.3 is 0 Å². The molecular weight excluding hydrogens is 187 g/mol. The Labute approximate surface area is 53.5 Å². The van der Waals surface area contributed by atoms with Crippen molar-refractivity contribution in [2.45, 2.75) is 20.3 Å². The summed E-state index contributed by atoms with van der Waals surface area (Å²) < 4.78 is 2.19. The van der Waals surface area contributed by atoms with Crippen molar-refractivity contribution in [1.29, 1.82) is 0 Å². The molecule has 0 saturated carbocycles. The van der Waals surface area contributed by atoms with Gasteiger partial charge in [0, 0.05) is 4.43 Å². The number of hydrogen-bond acceptors (Lipinski definition) is 0. The van der Waals surface area contributed by atoms with Crippen LogP contribution in [0.1, 0.15) is 20.3 Å². The Hall–Kier alpha value is 0.730. The van der Waals surface area contributed by atoms with Gasteiger partial charge < -0.3 is 0 Å². The van der Waals surface area contributed by atoms with Crippen molar-refractivity contribution in [2.75, 3.05) is 0 Å². The number of rotatable bonds is 2. The van der Waals surface area contributed by atoms with Crippen LogP contribution in [0.5, 0.6) is 0 Å². The molecule has 0 aromatic rings. The van der Waals surface area contributed by atoms with Crippen LogP contribution in [0.4, 0.5) is 0 Å². The van der Waals surface area contributed by atoms with Crippen LogP contribution in [0, 0.1) is 10.3 Å². The first kappa shape index (κ1) is 6.73. The van der Waals surface area contributed by atoms with Crippen LogP contribution >= 0.6 is 22.6 Å². The molecule has 1 atom stereocenters. The van der Waals surface area contributed by atoms with Crippen molar-refractivity contribution >= 4 is 22.6 Å². The largest absolute Gasteiger partial charge is 0.0812 e. The molecule has 0 rings (SSSR count). The molecule has 0 aromatic heterocycles. The molecule has 0 amide bonds. The minimum atomic E-state index is 0.797. The summed E-state index contributed by atoms with van der Waals surface area (Å²) in [6.07, 6.45) is 1.27. The summed E-state index contributed by atoms with van der Waals surface area (Å²) in [5.74, 6) is 0.797. The van der Waals surface area contributed by atoms with Crippen molar-refractivity contribution in [3.8, 4) is 0 Å². The lowest BCUT2D eigenvalue weighted by molar-refractivity contribution is 0.689. The molecule has 6 heavy (non-hydrogen) atoms. The van der Waals surface area contributed by atoms with E-state index in [-0.39, 0.29) is 0 Å². The first-order chi connectivity index (χ1) is 2.81. The van der Waals surface area contributed by atoms with Gasteiger partial charge in [0.1, 0.15) is 0 Å². The van der Waals surface area contributed by atoms with E-state index < -0.39 is 0 Å². The van der Waals surface area contributed by atoms with Crippen LogP contribution in [0.3, 0.4) is 0 Å². The maximum Gasteiger partial charge on any atom is 0.0255 e. The van der Waals surface area contributed by atoms with E-state index in [0.717, 1.165) is 5.92 Å². The fourth-order valence-corrected chi connectivity index (χ4v) is 0.598. The molecular formula is C5H10I. The summed E-state index contributed by atoms with van der Waals surface area (Å²) in [6.45, 7) is 4.41. The van der Waals surface area contributed by atoms with E-state index >= 15 is 0 Å². The molecule has 0 saturated heterocycles. The van der Waals surface area contributed by atoms with E-state index in [9.17, 15) is 0 Å². The third kappa shape index (κ3) is 2.94. The molecule has 1 radical (unpaired) electrons. The molecule has 0 fully saturated rings. The second-order valence-electron chi connectivity index (χ2n) is 1.51. The lowest BCUT2D eigenvalue weighted by Gasteiger charge is -1.96. The van der Waals surface area contributed by atoms with Gasteiger partial charge in [0.15, 0.2) is 0 Å². The first-order valence-electron chi connectivity index (χ1n) is 2.24. The third-order valence-corrected chi connectivity index (χ3v) is 2.09. The molecule has 0 heterocycles. The van der Waals surface area contributed by atoms with Gasteiger partial charge in [-0.3, -0.25) is 0 Å². The highest BCUT2D eigenvalue weighted by molar-refractivity contribution is 14.1. The normalized spacial score (nSPS) is 14.5. The Morgan fingerprint density at radius 2 is 2.33 bits per heavy atom. The van der Waals surface area contributed by atoms with Gasteiger partial charge in [-0.1, -0.05) is 42.9 Å². The molecule has 0 bridgehead atoms. The summed E-state index contributed by atoms with van der Waals surface area (Å²) in [6, 6.07) is 0. The highest BCUT2D eigenvalue weighted by Crippen LogP contribution is 2.08. The zero-order valence-electron chi connectivity index (χ0n) is 4.24. The van der Waals surface area contributed by atoms with Gasteiger partial charge in [0.2, 0.25) is 0 Å². The van der Waals surface area contributed by atoms with E-state index in [1.54, 1.807) is 0 Å². The minimum absolute atomic E-state index is 0.797. The molecule has 0 spiro atoms. The van der Waals surface area contributed by atoms with Crippen molar-refractivity contribution in [3.05, 3.63) is 4.43 Å². The van der Waals surface area contributed by atoms with E-state index in [0.29, 0.717) is 0 Å². The summed E-state index contributed by atoms with van der Waals surface area (Å²) in [4.78, 5) is 0. The van der Waals surface area contributed by atoms with Gasteiger partial charge in [-0.15, -0.1) is 0 Å². The maximum absolute atomic E-state index is 2.29. The van der Waals surface area contributed by atoms with Crippen molar-refractivity contribution in [2.24, 2.45) is 5.92 Å². The quantitative estimate of drug-likeness (QED) is 0.597. The Balaban J connectivity index is 2.75. The fraction of sp³-hybridized carbons (Fsp3) is 0.800. The highest BCUT2D eigenvalue weighted by atomic mass is 127. The molecule has 0 aliphatic rings. The van der Waals surface area contributed by atoms with E-state index in [1.807, 2.05) is 0 Å².